The normalized spacial score (nSPS) is 9.95. The summed E-state index contributed by atoms with van der Waals surface area (Å²) >= 11 is 0. The van der Waals surface area contributed by atoms with Crippen LogP contribution in [0.5, 0.6) is 0 Å². The Bertz CT molecular complexity index is 630. The van der Waals surface area contributed by atoms with E-state index in [0.717, 1.165) is 0 Å². The summed E-state index contributed by atoms with van der Waals surface area (Å²) in [7, 11) is 1.69. The largest absolute Gasteiger partial charge is 0.478 e. The van der Waals surface area contributed by atoms with Gasteiger partial charge in [0.15, 0.2) is 0 Å². The van der Waals surface area contributed by atoms with Gasteiger partial charge in [0.1, 0.15) is 5.82 Å². The molecule has 0 saturated carbocycles. The molecular formula is C13H13N5O3. The van der Waals surface area contributed by atoms with Crippen LogP contribution in [0.1, 0.15) is 10.4 Å². The molecule has 0 aliphatic carbocycles. The molecular weight excluding hydrogens is 274 g/mol. The van der Waals surface area contributed by atoms with Crippen LogP contribution in [0.4, 0.5) is 11.8 Å². The van der Waals surface area contributed by atoms with Crippen molar-refractivity contribution in [3.05, 3.63) is 42.4 Å². The van der Waals surface area contributed by atoms with Crippen molar-refractivity contribution in [3.63, 3.8) is 0 Å². The maximum absolute atomic E-state index is 11.9. The van der Waals surface area contributed by atoms with Gasteiger partial charge in [0.2, 0.25) is 11.9 Å². The number of amides is 1. The predicted octanol–water partition coefficient (Wildman–Crippen LogP) is 0.645. The molecule has 0 fully saturated rings. The van der Waals surface area contributed by atoms with Gasteiger partial charge in [0, 0.05) is 25.6 Å². The number of rotatable bonds is 5. The van der Waals surface area contributed by atoms with E-state index in [9.17, 15) is 9.59 Å². The van der Waals surface area contributed by atoms with E-state index in [1.54, 1.807) is 30.4 Å². The summed E-state index contributed by atoms with van der Waals surface area (Å²) < 4.78 is 0. The molecule has 21 heavy (non-hydrogen) atoms. The van der Waals surface area contributed by atoms with Gasteiger partial charge in [-0.1, -0.05) is 0 Å². The van der Waals surface area contributed by atoms with Crippen LogP contribution in [0.15, 0.2) is 36.8 Å². The van der Waals surface area contributed by atoms with Crippen LogP contribution in [-0.4, -0.2) is 45.5 Å². The summed E-state index contributed by atoms with van der Waals surface area (Å²) in [5.74, 6) is -0.656. The maximum Gasteiger partial charge on any atom is 0.337 e. The summed E-state index contributed by atoms with van der Waals surface area (Å²) in [4.78, 5) is 36.0. The van der Waals surface area contributed by atoms with Crippen molar-refractivity contribution < 1.29 is 14.7 Å². The van der Waals surface area contributed by atoms with Crippen LogP contribution >= 0.6 is 0 Å². The molecule has 2 heterocycles. The molecule has 2 N–H and O–H groups in total. The van der Waals surface area contributed by atoms with E-state index in [1.165, 1.54) is 18.3 Å². The predicted molar refractivity (Wildman–Crippen MR) is 75.1 cm³/mol. The van der Waals surface area contributed by atoms with Crippen LogP contribution in [0.2, 0.25) is 0 Å². The zero-order valence-corrected chi connectivity index (χ0v) is 11.2. The summed E-state index contributed by atoms with van der Waals surface area (Å²) in [5.41, 5.74) is 0.0582. The Morgan fingerprint density at radius 1 is 1.24 bits per heavy atom. The minimum absolute atomic E-state index is 0.0480. The maximum atomic E-state index is 11.9. The van der Waals surface area contributed by atoms with Gasteiger partial charge < -0.3 is 15.3 Å². The number of anilines is 2. The minimum atomic E-state index is -1.07. The molecule has 0 saturated heterocycles. The number of carboxylic acids is 1. The number of hydrogen-bond donors (Lipinski definition) is 2. The van der Waals surface area contributed by atoms with Gasteiger partial charge in [-0.2, -0.15) is 0 Å². The number of nitrogens with zero attached hydrogens (tertiary/aromatic N) is 4. The Hall–Kier alpha value is -3.03. The van der Waals surface area contributed by atoms with Crippen LogP contribution in [0.3, 0.4) is 0 Å². The number of carbonyl (C=O) groups excluding carboxylic acids is 1. The highest BCUT2D eigenvalue weighted by molar-refractivity contribution is 5.93. The summed E-state index contributed by atoms with van der Waals surface area (Å²) in [6.07, 6.45) is 4.35. The Labute approximate surface area is 120 Å². The average Bonchev–Trinajstić information content (AvgIpc) is 2.48. The lowest BCUT2D eigenvalue weighted by atomic mass is 10.3. The third kappa shape index (κ3) is 3.96. The number of carboxylic acid groups (broad SMARTS) is 1. The first-order chi connectivity index (χ1) is 10.1. The van der Waals surface area contributed by atoms with Gasteiger partial charge in [-0.05, 0) is 18.2 Å². The molecule has 2 rings (SSSR count). The lowest BCUT2D eigenvalue weighted by Gasteiger charge is -2.15. The van der Waals surface area contributed by atoms with Crippen LogP contribution in [-0.2, 0) is 4.79 Å². The number of aromatic carboxylic acids is 1. The molecule has 0 spiro atoms. The zero-order chi connectivity index (χ0) is 15.2. The standard InChI is InChI=1S/C13H13N5O3/c1-18(13-14-5-2-6-15-13)8-11(19)17-10-4-3-9(7-16-10)12(20)21/h2-7H,8H2,1H3,(H,20,21)(H,16,17,19). The lowest BCUT2D eigenvalue weighted by molar-refractivity contribution is -0.115. The number of carbonyl (C=O) groups is 2. The Balaban J connectivity index is 1.94. The minimum Gasteiger partial charge on any atom is -0.478 e. The van der Waals surface area contributed by atoms with Gasteiger partial charge in [-0.3, -0.25) is 4.79 Å². The monoisotopic (exact) mass is 287 g/mol. The first kappa shape index (κ1) is 14.4. The van der Waals surface area contributed by atoms with Crippen LogP contribution in [0, 0.1) is 0 Å². The molecule has 0 aliphatic heterocycles. The third-order valence-corrected chi connectivity index (χ3v) is 2.55. The molecule has 0 unspecified atom stereocenters. The van der Waals surface area contributed by atoms with E-state index in [-0.39, 0.29) is 23.8 Å². The molecule has 1 amide bonds. The highest BCUT2D eigenvalue weighted by Crippen LogP contribution is 2.06. The summed E-state index contributed by atoms with van der Waals surface area (Å²) in [6, 6.07) is 4.49. The first-order valence-electron chi connectivity index (χ1n) is 6.03. The second kappa shape index (κ2) is 6.42. The van der Waals surface area contributed by atoms with Crippen LogP contribution < -0.4 is 10.2 Å². The van der Waals surface area contributed by atoms with E-state index < -0.39 is 5.97 Å². The van der Waals surface area contributed by atoms with Crippen molar-refractivity contribution in [2.75, 3.05) is 23.8 Å². The fourth-order valence-electron chi connectivity index (χ4n) is 1.55. The highest BCUT2D eigenvalue weighted by atomic mass is 16.4. The number of nitrogens with one attached hydrogen (secondary N) is 1. The molecule has 8 nitrogen and oxygen atoms in total. The number of aromatic nitrogens is 3. The van der Waals surface area contributed by atoms with Crippen molar-refractivity contribution in [2.45, 2.75) is 0 Å². The summed E-state index contributed by atoms with van der Waals surface area (Å²) in [5, 5.41) is 11.3. The number of pyridine rings is 1. The fraction of sp³-hybridized carbons (Fsp3) is 0.154. The first-order valence-corrected chi connectivity index (χ1v) is 6.03. The highest BCUT2D eigenvalue weighted by Gasteiger charge is 2.10. The van der Waals surface area contributed by atoms with Gasteiger partial charge >= 0.3 is 5.97 Å². The average molecular weight is 287 g/mol. The lowest BCUT2D eigenvalue weighted by Crippen LogP contribution is -2.31. The van der Waals surface area contributed by atoms with E-state index >= 15 is 0 Å². The molecule has 0 bridgehead atoms. The van der Waals surface area contributed by atoms with Gasteiger partial charge in [-0.15, -0.1) is 0 Å². The van der Waals surface area contributed by atoms with Crippen molar-refractivity contribution >= 4 is 23.6 Å². The molecule has 0 atom stereocenters. The zero-order valence-electron chi connectivity index (χ0n) is 11.2. The second-order valence-electron chi connectivity index (χ2n) is 4.19. The molecule has 0 aromatic carbocycles. The SMILES string of the molecule is CN(CC(=O)Nc1ccc(C(=O)O)cn1)c1ncccn1. The Kier molecular flexibility index (Phi) is 4.39. The van der Waals surface area contributed by atoms with E-state index in [1.807, 2.05) is 0 Å². The van der Waals surface area contributed by atoms with Crippen LogP contribution in [0.25, 0.3) is 0 Å². The fourth-order valence-corrected chi connectivity index (χ4v) is 1.55. The van der Waals surface area contributed by atoms with Gasteiger partial charge in [0.25, 0.3) is 0 Å². The third-order valence-electron chi connectivity index (χ3n) is 2.55. The summed E-state index contributed by atoms with van der Waals surface area (Å²) in [6.45, 7) is 0.0480. The number of hydrogen-bond acceptors (Lipinski definition) is 6. The van der Waals surface area contributed by atoms with Gasteiger partial charge in [-0.25, -0.2) is 19.7 Å². The second-order valence-corrected chi connectivity index (χ2v) is 4.19. The van der Waals surface area contributed by atoms with Crippen molar-refractivity contribution in [1.82, 2.24) is 15.0 Å². The van der Waals surface area contributed by atoms with E-state index in [2.05, 4.69) is 20.3 Å². The van der Waals surface area contributed by atoms with E-state index in [4.69, 9.17) is 5.11 Å². The van der Waals surface area contributed by atoms with Crippen molar-refractivity contribution in [3.8, 4) is 0 Å². The van der Waals surface area contributed by atoms with Gasteiger partial charge in [0.05, 0.1) is 12.1 Å². The number of likely N-dealkylation sites (N-methyl/N-ethyl adjacent to an activating group) is 1. The quantitative estimate of drug-likeness (QED) is 0.830. The molecule has 0 aliphatic rings. The van der Waals surface area contributed by atoms with Crippen molar-refractivity contribution in [2.24, 2.45) is 0 Å². The van der Waals surface area contributed by atoms with E-state index in [0.29, 0.717) is 5.95 Å². The Morgan fingerprint density at radius 3 is 2.52 bits per heavy atom. The Morgan fingerprint density at radius 2 is 1.95 bits per heavy atom. The molecule has 108 valence electrons. The van der Waals surface area contributed by atoms with Crippen molar-refractivity contribution in [1.29, 1.82) is 0 Å². The molecule has 2 aromatic heterocycles. The molecule has 0 radical (unpaired) electrons. The topological polar surface area (TPSA) is 108 Å². The molecule has 2 aromatic rings. The smallest absolute Gasteiger partial charge is 0.337 e. The molecule has 8 heteroatoms.